The van der Waals surface area contributed by atoms with Crippen LogP contribution in [0.4, 0.5) is 5.69 Å². The zero-order valence-corrected chi connectivity index (χ0v) is 12.6. The van der Waals surface area contributed by atoms with Crippen molar-refractivity contribution in [2.75, 3.05) is 12.3 Å². The number of hydrogen-bond donors (Lipinski definition) is 3. The van der Waals surface area contributed by atoms with Gasteiger partial charge in [0.1, 0.15) is 4.90 Å². The van der Waals surface area contributed by atoms with Crippen LogP contribution in [0.25, 0.3) is 0 Å². The number of hydrogen-bond acceptors (Lipinski definition) is 4. The minimum Gasteiger partial charge on any atom is -0.398 e. The average Bonchev–Trinajstić information content (AvgIpc) is 2.30. The van der Waals surface area contributed by atoms with Gasteiger partial charge in [0.2, 0.25) is 10.0 Å². The van der Waals surface area contributed by atoms with E-state index < -0.39 is 16.1 Å². The molecule has 108 valence electrons. The average molecular weight is 286 g/mol. The molecule has 0 spiro atoms. The first-order valence-electron chi connectivity index (χ1n) is 6.19. The van der Waals surface area contributed by atoms with Gasteiger partial charge in [-0.1, -0.05) is 13.8 Å². The third-order valence-electron chi connectivity index (χ3n) is 3.22. The van der Waals surface area contributed by atoms with Crippen LogP contribution in [0.3, 0.4) is 0 Å². The SMILES string of the molecule is Cc1cc(N)c(S(=O)(=O)NC(CO)C(C)C)cc1C. The van der Waals surface area contributed by atoms with Crippen molar-refractivity contribution in [3.05, 3.63) is 23.3 Å². The van der Waals surface area contributed by atoms with Gasteiger partial charge < -0.3 is 10.8 Å². The van der Waals surface area contributed by atoms with Crippen LogP contribution in [-0.2, 0) is 10.0 Å². The molecule has 1 rings (SSSR count). The number of aryl methyl sites for hydroxylation is 2. The quantitative estimate of drug-likeness (QED) is 0.709. The van der Waals surface area contributed by atoms with E-state index >= 15 is 0 Å². The lowest BCUT2D eigenvalue weighted by atomic mass is 10.1. The van der Waals surface area contributed by atoms with Crippen LogP contribution in [0, 0.1) is 19.8 Å². The van der Waals surface area contributed by atoms with Gasteiger partial charge in [0, 0.05) is 6.04 Å². The molecule has 0 amide bonds. The fourth-order valence-electron chi connectivity index (χ4n) is 1.69. The number of nitrogens with one attached hydrogen (secondary N) is 1. The molecule has 0 radical (unpaired) electrons. The number of anilines is 1. The molecule has 0 bridgehead atoms. The van der Waals surface area contributed by atoms with Crippen molar-refractivity contribution in [3.63, 3.8) is 0 Å². The van der Waals surface area contributed by atoms with Crippen LogP contribution in [0.2, 0.25) is 0 Å². The second-order valence-corrected chi connectivity index (χ2v) is 6.81. The molecular weight excluding hydrogens is 264 g/mol. The van der Waals surface area contributed by atoms with E-state index in [1.165, 1.54) is 0 Å². The molecule has 1 unspecified atom stereocenters. The van der Waals surface area contributed by atoms with Gasteiger partial charge in [-0.25, -0.2) is 13.1 Å². The highest BCUT2D eigenvalue weighted by molar-refractivity contribution is 7.89. The Labute approximate surface area is 114 Å². The normalized spacial score (nSPS) is 13.8. The van der Waals surface area contributed by atoms with Crippen LogP contribution < -0.4 is 10.5 Å². The van der Waals surface area contributed by atoms with Gasteiger partial charge in [-0.2, -0.15) is 0 Å². The first kappa shape index (κ1) is 15.9. The topological polar surface area (TPSA) is 92.4 Å². The van der Waals surface area contributed by atoms with Gasteiger partial charge in [0.05, 0.1) is 12.3 Å². The monoisotopic (exact) mass is 286 g/mol. The van der Waals surface area contributed by atoms with Crippen LogP contribution >= 0.6 is 0 Å². The van der Waals surface area contributed by atoms with Gasteiger partial charge >= 0.3 is 0 Å². The molecule has 6 heteroatoms. The molecule has 5 nitrogen and oxygen atoms in total. The minimum absolute atomic E-state index is 0.00690. The number of sulfonamides is 1. The van der Waals surface area contributed by atoms with Crippen molar-refractivity contribution in [3.8, 4) is 0 Å². The van der Waals surface area contributed by atoms with Crippen molar-refractivity contribution in [2.45, 2.75) is 38.6 Å². The van der Waals surface area contributed by atoms with E-state index in [-0.39, 0.29) is 23.1 Å². The van der Waals surface area contributed by atoms with Crippen molar-refractivity contribution >= 4 is 15.7 Å². The predicted octanol–water partition coefficient (Wildman–Crippen LogP) is 1.18. The summed E-state index contributed by atoms with van der Waals surface area (Å²) in [6.07, 6.45) is 0. The van der Waals surface area contributed by atoms with Crippen molar-refractivity contribution in [1.82, 2.24) is 4.72 Å². The maximum atomic E-state index is 12.3. The summed E-state index contributed by atoms with van der Waals surface area (Å²) in [6.45, 7) is 7.14. The van der Waals surface area contributed by atoms with E-state index in [9.17, 15) is 13.5 Å². The number of benzene rings is 1. The standard InChI is InChI=1S/C13H22N2O3S/c1-8(2)12(7-16)15-19(17,18)13-6-10(4)9(3)5-11(13)14/h5-6,8,12,15-16H,7,14H2,1-4H3. The molecule has 0 saturated heterocycles. The molecule has 0 heterocycles. The summed E-state index contributed by atoms with van der Waals surface area (Å²) in [5.74, 6) is -0.00690. The molecule has 1 aromatic carbocycles. The Morgan fingerprint density at radius 2 is 1.79 bits per heavy atom. The van der Waals surface area contributed by atoms with Gasteiger partial charge in [0.15, 0.2) is 0 Å². The Morgan fingerprint density at radius 3 is 2.26 bits per heavy atom. The Balaban J connectivity index is 3.17. The molecule has 0 aliphatic rings. The zero-order valence-electron chi connectivity index (χ0n) is 11.8. The molecule has 0 aliphatic heterocycles. The lowest BCUT2D eigenvalue weighted by Crippen LogP contribution is -2.41. The molecule has 19 heavy (non-hydrogen) atoms. The summed E-state index contributed by atoms with van der Waals surface area (Å²) in [7, 11) is -3.72. The highest BCUT2D eigenvalue weighted by Gasteiger charge is 2.24. The lowest BCUT2D eigenvalue weighted by Gasteiger charge is -2.20. The van der Waals surface area contributed by atoms with E-state index in [4.69, 9.17) is 5.73 Å². The molecule has 0 aliphatic carbocycles. The van der Waals surface area contributed by atoms with Crippen LogP contribution in [0.5, 0.6) is 0 Å². The summed E-state index contributed by atoms with van der Waals surface area (Å²) >= 11 is 0. The number of nitrogens with two attached hydrogens (primary N) is 1. The molecule has 1 atom stereocenters. The van der Waals surface area contributed by atoms with E-state index in [0.29, 0.717) is 0 Å². The van der Waals surface area contributed by atoms with Gasteiger partial charge in [-0.05, 0) is 43.0 Å². The summed E-state index contributed by atoms with van der Waals surface area (Å²) in [5, 5.41) is 9.22. The molecule has 0 saturated carbocycles. The fraction of sp³-hybridized carbons (Fsp3) is 0.538. The molecule has 4 N–H and O–H groups in total. The highest BCUT2D eigenvalue weighted by atomic mass is 32.2. The minimum atomic E-state index is -3.72. The van der Waals surface area contributed by atoms with E-state index in [1.54, 1.807) is 12.1 Å². The summed E-state index contributed by atoms with van der Waals surface area (Å²) in [6, 6.07) is 2.68. The van der Waals surface area contributed by atoms with E-state index in [1.807, 2.05) is 27.7 Å². The van der Waals surface area contributed by atoms with E-state index in [2.05, 4.69) is 4.72 Å². The van der Waals surface area contributed by atoms with E-state index in [0.717, 1.165) is 11.1 Å². The Bertz CT molecular complexity index is 553. The number of rotatable bonds is 5. The predicted molar refractivity (Wildman–Crippen MR) is 76.4 cm³/mol. The van der Waals surface area contributed by atoms with Crippen molar-refractivity contribution in [1.29, 1.82) is 0 Å². The first-order chi connectivity index (χ1) is 8.69. The van der Waals surface area contributed by atoms with Gasteiger partial charge in [0.25, 0.3) is 0 Å². The smallest absolute Gasteiger partial charge is 0.242 e. The second kappa shape index (κ2) is 5.90. The molecule has 1 aromatic rings. The first-order valence-corrected chi connectivity index (χ1v) is 7.67. The zero-order chi connectivity index (χ0) is 14.8. The third kappa shape index (κ3) is 3.68. The van der Waals surface area contributed by atoms with Crippen molar-refractivity contribution in [2.24, 2.45) is 5.92 Å². The third-order valence-corrected chi connectivity index (χ3v) is 4.77. The number of aliphatic hydroxyl groups excluding tert-OH is 1. The Morgan fingerprint density at radius 1 is 1.26 bits per heavy atom. The Hall–Kier alpha value is -1.11. The van der Waals surface area contributed by atoms with Gasteiger partial charge in [-0.3, -0.25) is 0 Å². The second-order valence-electron chi connectivity index (χ2n) is 5.13. The van der Waals surface area contributed by atoms with Crippen molar-refractivity contribution < 1.29 is 13.5 Å². The molecule has 0 aromatic heterocycles. The fourth-order valence-corrected chi connectivity index (χ4v) is 3.27. The van der Waals surface area contributed by atoms with Crippen LogP contribution in [0.1, 0.15) is 25.0 Å². The summed E-state index contributed by atoms with van der Waals surface area (Å²) < 4.78 is 27.1. The summed E-state index contributed by atoms with van der Waals surface area (Å²) in [5.41, 5.74) is 7.81. The summed E-state index contributed by atoms with van der Waals surface area (Å²) in [4.78, 5) is 0.0645. The number of aliphatic hydroxyl groups is 1. The maximum Gasteiger partial charge on any atom is 0.242 e. The largest absolute Gasteiger partial charge is 0.398 e. The number of nitrogen functional groups attached to an aromatic ring is 1. The van der Waals surface area contributed by atoms with Crippen LogP contribution in [0.15, 0.2) is 17.0 Å². The van der Waals surface area contributed by atoms with Gasteiger partial charge in [-0.15, -0.1) is 0 Å². The maximum absolute atomic E-state index is 12.3. The molecular formula is C13H22N2O3S. The van der Waals surface area contributed by atoms with Crippen LogP contribution in [-0.4, -0.2) is 26.2 Å². The lowest BCUT2D eigenvalue weighted by molar-refractivity contribution is 0.227. The molecule has 0 fully saturated rings. The highest BCUT2D eigenvalue weighted by Crippen LogP contribution is 2.23. The Kier molecular flexibility index (Phi) is 4.95.